The Morgan fingerprint density at radius 1 is 0.322 bits per heavy atom. The van der Waals surface area contributed by atoms with Gasteiger partial charge >= 0.3 is 0 Å². The van der Waals surface area contributed by atoms with Crippen LogP contribution in [0.5, 0.6) is 0 Å². The molecule has 0 bridgehead atoms. The summed E-state index contributed by atoms with van der Waals surface area (Å²) in [5.74, 6) is 0. The number of nitrogens with zero attached hydrogens (tertiary/aromatic N) is 1. The second-order valence-electron chi connectivity index (χ2n) is 17.4. The molecule has 0 fully saturated rings. The second-order valence-corrected chi connectivity index (χ2v) is 17.4. The molecule has 9 aromatic rings. The average Bonchev–Trinajstić information content (AvgIpc) is 3.51. The molecular formula is C58H45N. The van der Waals surface area contributed by atoms with Gasteiger partial charge in [-0.2, -0.15) is 0 Å². The summed E-state index contributed by atoms with van der Waals surface area (Å²) >= 11 is 0. The van der Waals surface area contributed by atoms with E-state index in [2.05, 4.69) is 233 Å². The Kier molecular flexibility index (Phi) is 7.94. The van der Waals surface area contributed by atoms with Gasteiger partial charge in [-0.3, -0.25) is 0 Å². The van der Waals surface area contributed by atoms with E-state index in [4.69, 9.17) is 0 Å². The van der Waals surface area contributed by atoms with Crippen LogP contribution in [-0.4, -0.2) is 0 Å². The smallest absolute Gasteiger partial charge is 0.0546 e. The molecule has 0 aromatic heterocycles. The summed E-state index contributed by atoms with van der Waals surface area (Å²) in [6, 6.07) is 74.4. The number of fused-ring (bicyclic) bond motifs is 5. The lowest BCUT2D eigenvalue weighted by atomic mass is 9.67. The van der Waals surface area contributed by atoms with Gasteiger partial charge in [0.1, 0.15) is 0 Å². The SMILES string of the molecule is CC1(C)c2ccccc2-c2ccc(N(c3ccccc3)c3ccc4cccc5c4c3-c3ccc(-c4cc(-c6ccccc6)cc(-c6ccccc6)c4)cc3C5(C)C)cc21. The summed E-state index contributed by atoms with van der Waals surface area (Å²) in [6.07, 6.45) is 0. The molecule has 1 heteroatoms. The summed E-state index contributed by atoms with van der Waals surface area (Å²) in [6.45, 7) is 9.55. The summed E-state index contributed by atoms with van der Waals surface area (Å²) in [5.41, 5.74) is 21.2. The van der Waals surface area contributed by atoms with Gasteiger partial charge in [0, 0.05) is 27.8 Å². The third-order valence-electron chi connectivity index (χ3n) is 13.2. The maximum Gasteiger partial charge on any atom is 0.0546 e. The van der Waals surface area contributed by atoms with E-state index >= 15 is 0 Å². The minimum absolute atomic E-state index is 0.111. The van der Waals surface area contributed by atoms with Crippen LogP contribution in [0.2, 0.25) is 0 Å². The molecule has 1 nitrogen and oxygen atoms in total. The quantitative estimate of drug-likeness (QED) is 0.163. The van der Waals surface area contributed by atoms with Crippen LogP contribution in [0.3, 0.4) is 0 Å². The van der Waals surface area contributed by atoms with Crippen molar-refractivity contribution >= 4 is 27.8 Å². The Morgan fingerprint density at radius 2 is 0.864 bits per heavy atom. The van der Waals surface area contributed by atoms with E-state index in [0.717, 1.165) is 11.4 Å². The van der Waals surface area contributed by atoms with Gasteiger partial charge in [0.05, 0.1) is 5.69 Å². The van der Waals surface area contributed by atoms with Crippen molar-refractivity contribution in [1.82, 2.24) is 0 Å². The zero-order valence-corrected chi connectivity index (χ0v) is 34.0. The van der Waals surface area contributed by atoms with Gasteiger partial charge in [0.25, 0.3) is 0 Å². The molecule has 2 aliphatic carbocycles. The standard InChI is InChI=1S/C58H45N/c1-57(2)50-25-15-14-24-47(50)48-31-29-46(37-53(48)57)59(45-22-12-7-13-23-45)54-32-28-40-21-16-26-51-55(40)56(54)49-30-27-41(36-52(49)58(51,3)4)44-34-42(38-17-8-5-9-18-38)33-43(35-44)39-19-10-6-11-20-39/h5-37H,1-4H3. The minimum atomic E-state index is -0.239. The average molecular weight is 756 g/mol. The predicted octanol–water partition coefficient (Wildman–Crippen LogP) is 15.9. The topological polar surface area (TPSA) is 3.24 Å². The van der Waals surface area contributed by atoms with E-state index in [0.29, 0.717) is 0 Å². The van der Waals surface area contributed by atoms with Crippen molar-refractivity contribution in [3.05, 3.63) is 222 Å². The molecule has 0 unspecified atom stereocenters. The van der Waals surface area contributed by atoms with Crippen LogP contribution in [0.4, 0.5) is 17.1 Å². The molecule has 0 spiro atoms. The van der Waals surface area contributed by atoms with Crippen LogP contribution in [0.25, 0.3) is 66.4 Å². The van der Waals surface area contributed by atoms with Gasteiger partial charge in [0.2, 0.25) is 0 Å². The van der Waals surface area contributed by atoms with Crippen molar-refractivity contribution < 1.29 is 0 Å². The van der Waals surface area contributed by atoms with Crippen LogP contribution in [0.15, 0.2) is 200 Å². The molecule has 282 valence electrons. The first-order valence-electron chi connectivity index (χ1n) is 20.8. The summed E-state index contributed by atoms with van der Waals surface area (Å²) in [5, 5.41) is 2.60. The first kappa shape index (κ1) is 35.2. The number of rotatable bonds is 6. The number of hydrogen-bond acceptors (Lipinski definition) is 1. The maximum atomic E-state index is 2.50. The van der Waals surface area contributed by atoms with Gasteiger partial charge in [0.15, 0.2) is 0 Å². The number of para-hydroxylation sites is 1. The molecule has 0 aliphatic heterocycles. The lowest BCUT2D eigenvalue weighted by molar-refractivity contribution is 0.645. The summed E-state index contributed by atoms with van der Waals surface area (Å²) in [4.78, 5) is 2.50. The van der Waals surface area contributed by atoms with Gasteiger partial charge < -0.3 is 4.90 Å². The largest absolute Gasteiger partial charge is 0.310 e. The Hall–Kier alpha value is -6.96. The van der Waals surface area contributed by atoms with Crippen molar-refractivity contribution in [2.45, 2.75) is 38.5 Å². The Bertz CT molecular complexity index is 3020. The molecule has 0 heterocycles. The van der Waals surface area contributed by atoms with E-state index in [1.165, 1.54) is 94.3 Å². The molecular weight excluding hydrogens is 711 g/mol. The van der Waals surface area contributed by atoms with E-state index in [1.54, 1.807) is 0 Å². The third-order valence-corrected chi connectivity index (χ3v) is 13.2. The predicted molar refractivity (Wildman–Crippen MR) is 250 cm³/mol. The number of anilines is 3. The fraction of sp³-hybridized carbons (Fsp3) is 0.103. The molecule has 0 saturated carbocycles. The van der Waals surface area contributed by atoms with Crippen molar-refractivity contribution in [3.8, 4) is 55.6 Å². The molecule has 11 rings (SSSR count). The van der Waals surface area contributed by atoms with Crippen LogP contribution in [0.1, 0.15) is 49.9 Å². The third kappa shape index (κ3) is 5.53. The van der Waals surface area contributed by atoms with Crippen LogP contribution >= 0.6 is 0 Å². The lowest BCUT2D eigenvalue weighted by Crippen LogP contribution is -2.25. The van der Waals surface area contributed by atoms with Crippen molar-refractivity contribution in [3.63, 3.8) is 0 Å². The zero-order valence-electron chi connectivity index (χ0n) is 34.0. The maximum absolute atomic E-state index is 2.50. The molecule has 59 heavy (non-hydrogen) atoms. The molecule has 2 aliphatic rings. The highest BCUT2D eigenvalue weighted by molar-refractivity contribution is 6.10. The first-order valence-corrected chi connectivity index (χ1v) is 20.8. The monoisotopic (exact) mass is 755 g/mol. The Morgan fingerprint density at radius 3 is 1.56 bits per heavy atom. The molecule has 0 N–H and O–H groups in total. The van der Waals surface area contributed by atoms with Gasteiger partial charge in [-0.25, -0.2) is 0 Å². The lowest BCUT2D eigenvalue weighted by Gasteiger charge is -2.38. The van der Waals surface area contributed by atoms with Crippen molar-refractivity contribution in [2.75, 3.05) is 4.90 Å². The van der Waals surface area contributed by atoms with E-state index in [9.17, 15) is 0 Å². The Balaban J connectivity index is 1.13. The molecule has 0 radical (unpaired) electrons. The van der Waals surface area contributed by atoms with E-state index < -0.39 is 0 Å². The Labute approximate surface area is 347 Å². The summed E-state index contributed by atoms with van der Waals surface area (Å²) in [7, 11) is 0. The van der Waals surface area contributed by atoms with E-state index in [-0.39, 0.29) is 10.8 Å². The highest BCUT2D eigenvalue weighted by Gasteiger charge is 2.38. The highest BCUT2D eigenvalue weighted by atomic mass is 15.1. The van der Waals surface area contributed by atoms with Crippen LogP contribution < -0.4 is 4.90 Å². The van der Waals surface area contributed by atoms with Gasteiger partial charge in [-0.15, -0.1) is 0 Å². The second kappa shape index (κ2) is 13.3. The van der Waals surface area contributed by atoms with Crippen molar-refractivity contribution in [1.29, 1.82) is 0 Å². The number of benzene rings is 9. The molecule has 9 aromatic carbocycles. The normalized spacial score (nSPS) is 14.0. The van der Waals surface area contributed by atoms with Crippen molar-refractivity contribution in [2.24, 2.45) is 0 Å². The zero-order chi connectivity index (χ0) is 39.9. The number of hydrogen-bond donors (Lipinski definition) is 0. The van der Waals surface area contributed by atoms with Gasteiger partial charge in [-0.05, 0) is 138 Å². The van der Waals surface area contributed by atoms with Crippen LogP contribution in [-0.2, 0) is 10.8 Å². The molecule has 0 amide bonds. The molecule has 0 saturated heterocycles. The highest BCUT2D eigenvalue weighted by Crippen LogP contribution is 2.56. The summed E-state index contributed by atoms with van der Waals surface area (Å²) < 4.78 is 0. The fourth-order valence-corrected chi connectivity index (χ4v) is 10.2. The first-order chi connectivity index (χ1) is 28.8. The van der Waals surface area contributed by atoms with Crippen LogP contribution in [0, 0.1) is 0 Å². The van der Waals surface area contributed by atoms with E-state index in [1.807, 2.05) is 0 Å². The van der Waals surface area contributed by atoms with Gasteiger partial charge in [-0.1, -0.05) is 173 Å². The minimum Gasteiger partial charge on any atom is -0.310 e. The fourth-order valence-electron chi connectivity index (χ4n) is 10.2. The molecule has 0 atom stereocenters.